The van der Waals surface area contributed by atoms with E-state index in [9.17, 15) is 9.59 Å². The number of fused-ring (bicyclic) bond motifs is 3. The van der Waals surface area contributed by atoms with Gasteiger partial charge in [0.25, 0.3) is 5.91 Å². The molecule has 1 aromatic carbocycles. The number of benzene rings is 1. The van der Waals surface area contributed by atoms with E-state index in [-0.39, 0.29) is 11.8 Å². The third-order valence-corrected chi connectivity index (χ3v) is 8.48. The molecule has 0 spiro atoms. The standard InChI is InChI=1S/C28H28ClN7O2S/c1-17(37)31-28-32-22-8-7-20-24(19-5-3-10-30-16-19)33-36(25(20)26(22)39-28)23-9-6-18(15-21(23)29)27(38)35-12-4-11-34(2)13-14-35/h3,5-6,9-10,15-16H,4,7-8,11-14H2,1-2H3,(H,31,32,37). The second kappa shape index (κ2) is 10.5. The highest BCUT2D eigenvalue weighted by Crippen LogP contribution is 2.44. The molecule has 4 heterocycles. The van der Waals surface area contributed by atoms with Crippen molar-refractivity contribution in [3.8, 4) is 27.5 Å². The molecule has 1 saturated heterocycles. The first-order valence-corrected chi connectivity index (χ1v) is 14.2. The number of carbonyl (C=O) groups is 2. The van der Waals surface area contributed by atoms with E-state index in [1.54, 1.807) is 18.5 Å². The first-order valence-electron chi connectivity index (χ1n) is 13.0. The predicted molar refractivity (Wildman–Crippen MR) is 153 cm³/mol. The van der Waals surface area contributed by atoms with Crippen molar-refractivity contribution in [3.05, 3.63) is 64.6 Å². The van der Waals surface area contributed by atoms with E-state index in [4.69, 9.17) is 16.7 Å². The molecule has 6 rings (SSSR count). The minimum Gasteiger partial charge on any atom is -0.337 e. The number of anilines is 1. The smallest absolute Gasteiger partial charge is 0.253 e. The van der Waals surface area contributed by atoms with Gasteiger partial charge in [0.1, 0.15) is 0 Å². The Bertz CT molecular complexity index is 1570. The third kappa shape index (κ3) is 4.95. The van der Waals surface area contributed by atoms with E-state index >= 15 is 0 Å². The zero-order chi connectivity index (χ0) is 27.1. The summed E-state index contributed by atoms with van der Waals surface area (Å²) < 4.78 is 1.85. The van der Waals surface area contributed by atoms with Crippen LogP contribution in [0.5, 0.6) is 0 Å². The van der Waals surface area contributed by atoms with Gasteiger partial charge in [0.05, 0.1) is 32.7 Å². The predicted octanol–water partition coefficient (Wildman–Crippen LogP) is 4.55. The van der Waals surface area contributed by atoms with Crippen molar-refractivity contribution >= 4 is 39.9 Å². The van der Waals surface area contributed by atoms with Crippen LogP contribution in [0.2, 0.25) is 5.02 Å². The van der Waals surface area contributed by atoms with E-state index in [1.807, 2.05) is 33.8 Å². The van der Waals surface area contributed by atoms with Gasteiger partial charge < -0.3 is 15.1 Å². The Morgan fingerprint density at radius 3 is 2.74 bits per heavy atom. The lowest BCUT2D eigenvalue weighted by molar-refractivity contribution is -0.114. The van der Waals surface area contributed by atoms with E-state index in [0.717, 1.165) is 72.0 Å². The van der Waals surface area contributed by atoms with Crippen LogP contribution in [-0.4, -0.2) is 74.6 Å². The number of nitrogens with one attached hydrogen (secondary N) is 1. The highest BCUT2D eigenvalue weighted by atomic mass is 35.5. The summed E-state index contributed by atoms with van der Waals surface area (Å²) in [5, 5.41) is 8.85. The van der Waals surface area contributed by atoms with Crippen LogP contribution in [0.4, 0.5) is 5.13 Å². The van der Waals surface area contributed by atoms with Gasteiger partial charge in [0.15, 0.2) is 5.13 Å². The summed E-state index contributed by atoms with van der Waals surface area (Å²) >= 11 is 8.31. The van der Waals surface area contributed by atoms with Crippen molar-refractivity contribution < 1.29 is 9.59 Å². The number of rotatable bonds is 4. The largest absolute Gasteiger partial charge is 0.337 e. The van der Waals surface area contributed by atoms with Gasteiger partial charge in [-0.3, -0.25) is 14.6 Å². The molecular weight excluding hydrogens is 534 g/mol. The number of aryl methyl sites for hydroxylation is 1. The molecule has 3 aromatic heterocycles. The van der Waals surface area contributed by atoms with Crippen LogP contribution >= 0.6 is 22.9 Å². The maximum Gasteiger partial charge on any atom is 0.253 e. The summed E-state index contributed by atoms with van der Waals surface area (Å²) in [6, 6.07) is 9.32. The number of amides is 2. The maximum atomic E-state index is 13.3. The van der Waals surface area contributed by atoms with Gasteiger partial charge in [-0.05, 0) is 63.2 Å². The lowest BCUT2D eigenvalue weighted by Gasteiger charge is -2.21. The topological polar surface area (TPSA) is 96.2 Å². The van der Waals surface area contributed by atoms with Crippen LogP contribution in [0, 0.1) is 0 Å². The Kier molecular flexibility index (Phi) is 6.92. The Hall–Kier alpha value is -3.60. The molecule has 0 saturated carbocycles. The SMILES string of the molecule is CC(=O)Nc1nc2c(s1)-c1c(c(-c3cccnc3)nn1-c1ccc(C(=O)N3CCCN(C)CC3)cc1Cl)CC2. The lowest BCUT2D eigenvalue weighted by atomic mass is 9.95. The average molecular weight is 562 g/mol. The zero-order valence-corrected chi connectivity index (χ0v) is 23.3. The number of pyridine rings is 1. The molecule has 39 heavy (non-hydrogen) atoms. The molecule has 0 bridgehead atoms. The van der Waals surface area contributed by atoms with Gasteiger partial charge in [-0.25, -0.2) is 9.67 Å². The maximum absolute atomic E-state index is 13.3. The first kappa shape index (κ1) is 25.7. The first-order chi connectivity index (χ1) is 18.9. The fourth-order valence-corrected chi connectivity index (χ4v) is 6.60. The van der Waals surface area contributed by atoms with Crippen molar-refractivity contribution in [2.75, 3.05) is 38.5 Å². The van der Waals surface area contributed by atoms with Crippen LogP contribution in [0.3, 0.4) is 0 Å². The van der Waals surface area contributed by atoms with Crippen molar-refractivity contribution in [2.45, 2.75) is 26.2 Å². The van der Waals surface area contributed by atoms with Gasteiger partial charge in [0.2, 0.25) is 5.91 Å². The molecule has 0 atom stereocenters. The minimum absolute atomic E-state index is 0.0121. The summed E-state index contributed by atoms with van der Waals surface area (Å²) in [4.78, 5) is 39.1. The number of thiazole rings is 1. The number of hydrogen-bond acceptors (Lipinski definition) is 7. The quantitative estimate of drug-likeness (QED) is 0.393. The van der Waals surface area contributed by atoms with E-state index in [1.165, 1.54) is 18.3 Å². The molecule has 1 fully saturated rings. The lowest BCUT2D eigenvalue weighted by Crippen LogP contribution is -2.34. The van der Waals surface area contributed by atoms with Gasteiger partial charge in [-0.1, -0.05) is 22.9 Å². The monoisotopic (exact) mass is 561 g/mol. The summed E-state index contributed by atoms with van der Waals surface area (Å²) in [7, 11) is 2.08. The van der Waals surface area contributed by atoms with Crippen molar-refractivity contribution in [1.82, 2.24) is 29.5 Å². The Labute approximate surface area is 235 Å². The minimum atomic E-state index is -0.162. The van der Waals surface area contributed by atoms with Crippen molar-refractivity contribution in [2.24, 2.45) is 0 Å². The molecule has 0 unspecified atom stereocenters. The number of nitrogens with zero attached hydrogens (tertiary/aromatic N) is 6. The second-order valence-electron chi connectivity index (χ2n) is 9.92. The van der Waals surface area contributed by atoms with Gasteiger partial charge in [-0.2, -0.15) is 5.10 Å². The van der Waals surface area contributed by atoms with Crippen LogP contribution in [0.25, 0.3) is 27.5 Å². The summed E-state index contributed by atoms with van der Waals surface area (Å²) in [6.45, 7) is 4.74. The normalized spacial score (nSPS) is 15.4. The zero-order valence-electron chi connectivity index (χ0n) is 21.8. The number of carbonyl (C=O) groups excluding carboxylic acids is 2. The molecule has 2 aliphatic rings. The highest BCUT2D eigenvalue weighted by molar-refractivity contribution is 7.19. The van der Waals surface area contributed by atoms with Crippen LogP contribution in [-0.2, 0) is 17.6 Å². The molecule has 1 aliphatic carbocycles. The summed E-state index contributed by atoms with van der Waals surface area (Å²) in [5.41, 5.74) is 5.90. The van der Waals surface area contributed by atoms with Crippen LogP contribution in [0.15, 0.2) is 42.7 Å². The van der Waals surface area contributed by atoms with Crippen molar-refractivity contribution in [1.29, 1.82) is 0 Å². The Morgan fingerprint density at radius 2 is 1.97 bits per heavy atom. The number of halogens is 1. The Balaban J connectivity index is 1.43. The second-order valence-corrected chi connectivity index (χ2v) is 11.3. The molecule has 11 heteroatoms. The van der Waals surface area contributed by atoms with Gasteiger partial charge in [0, 0.05) is 55.6 Å². The van der Waals surface area contributed by atoms with Crippen LogP contribution < -0.4 is 5.32 Å². The molecule has 9 nitrogen and oxygen atoms in total. The van der Waals surface area contributed by atoms with Gasteiger partial charge >= 0.3 is 0 Å². The molecule has 4 aromatic rings. The van der Waals surface area contributed by atoms with Crippen LogP contribution in [0.1, 0.15) is 35.0 Å². The fourth-order valence-electron chi connectivity index (χ4n) is 5.23. The molecule has 200 valence electrons. The average Bonchev–Trinajstić information content (AvgIpc) is 3.43. The number of likely N-dealkylation sites (N-methyl/N-ethyl adjacent to an activating group) is 1. The molecule has 1 aliphatic heterocycles. The molecule has 0 radical (unpaired) electrons. The number of aromatic nitrogens is 4. The number of hydrogen-bond donors (Lipinski definition) is 1. The summed E-state index contributed by atoms with van der Waals surface area (Å²) in [5.74, 6) is -0.174. The third-order valence-electron chi connectivity index (χ3n) is 7.16. The van der Waals surface area contributed by atoms with Gasteiger partial charge in [-0.15, -0.1) is 0 Å². The van der Waals surface area contributed by atoms with E-state index in [2.05, 4.69) is 27.2 Å². The fraction of sp³-hybridized carbons (Fsp3) is 0.321. The molecule has 1 N–H and O–H groups in total. The van der Waals surface area contributed by atoms with Crippen molar-refractivity contribution in [3.63, 3.8) is 0 Å². The Morgan fingerprint density at radius 1 is 1.10 bits per heavy atom. The molecule has 2 amide bonds. The van der Waals surface area contributed by atoms with E-state index < -0.39 is 0 Å². The molecular formula is C28H28ClN7O2S. The van der Waals surface area contributed by atoms with E-state index in [0.29, 0.717) is 27.9 Å². The summed E-state index contributed by atoms with van der Waals surface area (Å²) in [6.07, 6.45) is 5.97. The highest BCUT2D eigenvalue weighted by Gasteiger charge is 2.31.